The van der Waals surface area contributed by atoms with Crippen LogP contribution in [-0.2, 0) is 27.1 Å². The van der Waals surface area contributed by atoms with Crippen LogP contribution in [0.5, 0.6) is 0 Å². The van der Waals surface area contributed by atoms with E-state index in [0.29, 0.717) is 59.2 Å². The maximum absolute atomic E-state index is 13.7. The summed E-state index contributed by atoms with van der Waals surface area (Å²) in [5.41, 5.74) is 6.89. The Morgan fingerprint density at radius 2 is 1.15 bits per heavy atom. The molecule has 0 unspecified atom stereocenters. The standard InChI is InChI=1S/C26H34ClN5O4.C22H28ClN5O2/c1-16(2)36-26(34)31-11-7-18(8-12-31)23-20(5-3-17-9-13-35-14-10-17)24(33)32(30-23)25-28-21-6-4-19(27)15-22(21)29-25;23-16-2-4-18-19(13-16)26-22(25-18)28-21(29)17(3-1-14-7-11-30-12-8-14)20(27-28)15-5-9-24-10-6-15/h4,6,15-18,30H,3,5,7-14H2,1-2H3,(H,28,29);2,4,13-15,24,27H,1,3,5-12H2,(H,25,26). The summed E-state index contributed by atoms with van der Waals surface area (Å²) in [6, 6.07) is 10.9. The van der Waals surface area contributed by atoms with Gasteiger partial charge in [0.25, 0.3) is 11.1 Å². The van der Waals surface area contributed by atoms with Crippen molar-refractivity contribution in [2.24, 2.45) is 11.8 Å². The van der Waals surface area contributed by atoms with E-state index in [2.05, 4.69) is 35.5 Å². The molecule has 8 heterocycles. The van der Waals surface area contributed by atoms with Crippen LogP contribution in [0.3, 0.4) is 0 Å². The van der Waals surface area contributed by atoms with Gasteiger partial charge >= 0.3 is 6.09 Å². The number of aromatic nitrogens is 8. The van der Waals surface area contributed by atoms with Crippen molar-refractivity contribution in [3.05, 3.63) is 89.7 Å². The first kappa shape index (κ1) is 46.2. The highest BCUT2D eigenvalue weighted by Gasteiger charge is 2.31. The maximum Gasteiger partial charge on any atom is 0.410 e. The lowest BCUT2D eigenvalue weighted by atomic mass is 9.88. The lowest BCUT2D eigenvalue weighted by Gasteiger charge is -2.31. The number of amides is 1. The lowest BCUT2D eigenvalue weighted by Crippen LogP contribution is -2.39. The molecular weight excluding hydrogens is 883 g/mol. The zero-order valence-electron chi connectivity index (χ0n) is 37.9. The highest BCUT2D eigenvalue weighted by atomic mass is 35.5. The second-order valence-corrected chi connectivity index (χ2v) is 19.5. The smallest absolute Gasteiger partial charge is 0.410 e. The molecule has 0 saturated carbocycles. The van der Waals surface area contributed by atoms with Gasteiger partial charge < -0.3 is 34.4 Å². The van der Waals surface area contributed by atoms with Crippen molar-refractivity contribution in [3.63, 3.8) is 0 Å². The van der Waals surface area contributed by atoms with Gasteiger partial charge in [0.2, 0.25) is 11.9 Å². The molecule has 10 rings (SSSR count). The quantitative estimate of drug-likeness (QED) is 0.0850. The van der Waals surface area contributed by atoms with E-state index < -0.39 is 0 Å². The van der Waals surface area contributed by atoms with Crippen LogP contribution in [0.4, 0.5) is 4.79 Å². The number of rotatable bonds is 11. The number of H-pyrrole nitrogens is 4. The highest BCUT2D eigenvalue weighted by molar-refractivity contribution is 6.31. The topological polar surface area (TPSA) is 193 Å². The number of nitrogens with zero attached hydrogens (tertiary/aromatic N) is 5. The van der Waals surface area contributed by atoms with Gasteiger partial charge in [-0.1, -0.05) is 23.2 Å². The van der Waals surface area contributed by atoms with Gasteiger partial charge in [-0.25, -0.2) is 14.8 Å². The average Bonchev–Trinajstić information content (AvgIpc) is 4.11. The van der Waals surface area contributed by atoms with E-state index in [9.17, 15) is 14.4 Å². The van der Waals surface area contributed by atoms with E-state index in [1.54, 1.807) is 21.7 Å². The first-order valence-electron chi connectivity index (χ1n) is 23.9. The van der Waals surface area contributed by atoms with Crippen LogP contribution in [0.2, 0.25) is 10.0 Å². The third-order valence-electron chi connectivity index (χ3n) is 13.9. The van der Waals surface area contributed by atoms with Gasteiger partial charge in [-0.3, -0.25) is 19.8 Å². The van der Waals surface area contributed by atoms with E-state index in [1.165, 1.54) is 4.68 Å². The number of halogens is 2. The first-order valence-corrected chi connectivity index (χ1v) is 24.6. The van der Waals surface area contributed by atoms with Crippen LogP contribution in [0.1, 0.15) is 112 Å². The number of ether oxygens (including phenoxy) is 3. The van der Waals surface area contributed by atoms with E-state index in [0.717, 1.165) is 155 Å². The summed E-state index contributed by atoms with van der Waals surface area (Å²) >= 11 is 12.3. The van der Waals surface area contributed by atoms with Crippen LogP contribution in [0, 0.1) is 11.8 Å². The number of nitrogens with one attached hydrogen (secondary N) is 5. The largest absolute Gasteiger partial charge is 0.447 e. The van der Waals surface area contributed by atoms with Crippen molar-refractivity contribution in [1.82, 2.24) is 49.7 Å². The summed E-state index contributed by atoms with van der Waals surface area (Å²) in [6.07, 6.45) is 11.0. The zero-order valence-corrected chi connectivity index (χ0v) is 39.4. The number of carbonyl (C=O) groups is 1. The van der Waals surface area contributed by atoms with Gasteiger partial charge in [0.05, 0.1) is 28.2 Å². The van der Waals surface area contributed by atoms with E-state index >= 15 is 0 Å². The summed E-state index contributed by atoms with van der Waals surface area (Å²) in [7, 11) is 0. The number of benzene rings is 2. The monoisotopic (exact) mass is 944 g/mol. The van der Waals surface area contributed by atoms with Crippen LogP contribution in [0.25, 0.3) is 34.0 Å². The minimum Gasteiger partial charge on any atom is -0.447 e. The number of piperidine rings is 2. The molecule has 66 heavy (non-hydrogen) atoms. The fraction of sp³-hybridized carbons (Fsp3) is 0.562. The molecule has 0 atom stereocenters. The molecule has 354 valence electrons. The van der Waals surface area contributed by atoms with Crippen molar-refractivity contribution in [3.8, 4) is 11.9 Å². The molecule has 16 nitrogen and oxygen atoms in total. The Hall–Kier alpha value is -4.87. The highest BCUT2D eigenvalue weighted by Crippen LogP contribution is 2.32. The molecular formula is C48H62Cl2N10O6. The van der Waals surface area contributed by atoms with Crippen molar-refractivity contribution in [2.75, 3.05) is 52.6 Å². The summed E-state index contributed by atoms with van der Waals surface area (Å²) in [4.78, 5) is 57.0. The molecule has 1 amide bonds. The Morgan fingerprint density at radius 3 is 1.61 bits per heavy atom. The molecule has 6 aromatic rings. The second kappa shape index (κ2) is 21.0. The second-order valence-electron chi connectivity index (χ2n) is 18.6. The van der Waals surface area contributed by atoms with Crippen LogP contribution in [-0.4, -0.2) is 109 Å². The SMILES string of the molecule is CC(C)OC(=O)N1CCC(c2[nH]n(-c3nc4ccc(Cl)cc4[nH]3)c(=O)c2CCC2CCOCC2)CC1.O=c1c(CCC2CCOCC2)c(C2CCNCC2)[nH]n1-c1nc2ccc(Cl)cc2[nH]1. The molecule has 4 aliphatic rings. The number of carbonyl (C=O) groups excluding carboxylic acids is 1. The van der Waals surface area contributed by atoms with Gasteiger partial charge in [0, 0.05) is 83.9 Å². The average molecular weight is 946 g/mol. The van der Waals surface area contributed by atoms with Gasteiger partial charge in [-0.05, 0) is 152 Å². The third-order valence-corrected chi connectivity index (χ3v) is 14.3. The molecule has 0 radical (unpaired) electrons. The lowest BCUT2D eigenvalue weighted by molar-refractivity contribution is 0.0638. The van der Waals surface area contributed by atoms with Crippen LogP contribution >= 0.6 is 23.2 Å². The molecule has 4 fully saturated rings. The van der Waals surface area contributed by atoms with E-state index in [4.69, 9.17) is 37.4 Å². The predicted molar refractivity (Wildman–Crippen MR) is 256 cm³/mol. The Morgan fingerprint density at radius 1 is 0.697 bits per heavy atom. The fourth-order valence-electron chi connectivity index (χ4n) is 10.1. The van der Waals surface area contributed by atoms with Crippen LogP contribution in [0.15, 0.2) is 46.0 Å². The molecule has 4 aliphatic heterocycles. The Balaban J connectivity index is 0.000000169. The van der Waals surface area contributed by atoms with Gasteiger partial charge in [-0.2, -0.15) is 9.36 Å². The molecule has 4 saturated heterocycles. The first-order chi connectivity index (χ1) is 32.1. The normalized spacial score (nSPS) is 18.3. The summed E-state index contributed by atoms with van der Waals surface area (Å²) < 4.78 is 19.5. The molecule has 0 aliphatic carbocycles. The van der Waals surface area contributed by atoms with Gasteiger partial charge in [0.15, 0.2) is 0 Å². The minimum absolute atomic E-state index is 0.0146. The van der Waals surface area contributed by atoms with Crippen molar-refractivity contribution in [1.29, 1.82) is 0 Å². The number of hydrogen-bond donors (Lipinski definition) is 5. The maximum atomic E-state index is 13.7. The van der Waals surface area contributed by atoms with E-state index in [1.807, 2.05) is 38.1 Å². The number of imidazole rings is 2. The number of aromatic amines is 4. The van der Waals surface area contributed by atoms with Crippen molar-refractivity contribution >= 4 is 51.4 Å². The number of fused-ring (bicyclic) bond motifs is 2. The minimum atomic E-state index is -0.268. The molecule has 2 aromatic carbocycles. The number of likely N-dealkylation sites (tertiary alicyclic amines) is 1. The zero-order chi connectivity index (χ0) is 45.7. The molecule has 0 bridgehead atoms. The fourth-order valence-corrected chi connectivity index (χ4v) is 10.4. The summed E-state index contributed by atoms with van der Waals surface area (Å²) in [6.45, 7) is 10.2. The Kier molecular flexibility index (Phi) is 14.7. The van der Waals surface area contributed by atoms with E-state index in [-0.39, 0.29) is 29.2 Å². The van der Waals surface area contributed by atoms with Gasteiger partial charge in [0.1, 0.15) is 0 Å². The van der Waals surface area contributed by atoms with Crippen molar-refractivity contribution < 1.29 is 19.0 Å². The van der Waals surface area contributed by atoms with Crippen molar-refractivity contribution in [2.45, 2.75) is 109 Å². The predicted octanol–water partition coefficient (Wildman–Crippen LogP) is 8.30. The molecule has 18 heteroatoms. The molecule has 4 aromatic heterocycles. The summed E-state index contributed by atoms with van der Waals surface area (Å²) in [5.74, 6) is 2.71. The summed E-state index contributed by atoms with van der Waals surface area (Å²) in [5, 5.41) is 11.5. The third kappa shape index (κ3) is 10.6. The number of hydrogen-bond acceptors (Lipinski definition) is 9. The Bertz CT molecular complexity index is 2710. The Labute approximate surface area is 393 Å². The van der Waals surface area contributed by atoms with Gasteiger partial charge in [-0.15, -0.1) is 0 Å². The molecule has 5 N–H and O–H groups in total. The molecule has 0 spiro atoms. The van der Waals surface area contributed by atoms with Crippen LogP contribution < -0.4 is 16.4 Å².